The number of amides is 2. The number of aryl methyl sites for hydroxylation is 1. The number of nitrogens with one attached hydrogen (secondary N) is 1. The van der Waals surface area contributed by atoms with Crippen LogP contribution in [0, 0.1) is 6.92 Å². The van der Waals surface area contributed by atoms with E-state index in [1.807, 2.05) is 61.2 Å². The van der Waals surface area contributed by atoms with E-state index < -0.39 is 6.04 Å². The van der Waals surface area contributed by atoms with E-state index in [1.165, 1.54) is 4.90 Å². The molecular formula is C29H29Cl2N3O3S. The SMILES string of the molecule is CCCOc1ccc(NC(=O)C[C@H]2C(=O)N(c3ccc(C)cc3)C(=S)N2CCc2ccc(Cl)cc2Cl)cc1. The molecule has 0 aliphatic carbocycles. The van der Waals surface area contributed by atoms with Crippen molar-refractivity contribution in [1.29, 1.82) is 0 Å². The Bertz CT molecular complexity index is 1320. The van der Waals surface area contributed by atoms with Gasteiger partial charge in [-0.2, -0.15) is 0 Å². The molecule has 9 heteroatoms. The summed E-state index contributed by atoms with van der Waals surface area (Å²) in [5.41, 5.74) is 3.25. The highest BCUT2D eigenvalue weighted by molar-refractivity contribution is 7.80. The first kappa shape index (κ1) is 27.9. The highest BCUT2D eigenvalue weighted by atomic mass is 35.5. The van der Waals surface area contributed by atoms with Crippen molar-refractivity contribution in [3.05, 3.63) is 87.9 Å². The van der Waals surface area contributed by atoms with Crippen LogP contribution in [0.5, 0.6) is 5.75 Å². The van der Waals surface area contributed by atoms with Crippen LogP contribution in [0.2, 0.25) is 10.0 Å². The van der Waals surface area contributed by atoms with E-state index >= 15 is 0 Å². The van der Waals surface area contributed by atoms with Crippen LogP contribution in [0.25, 0.3) is 0 Å². The van der Waals surface area contributed by atoms with Crippen molar-refractivity contribution in [3.63, 3.8) is 0 Å². The van der Waals surface area contributed by atoms with E-state index in [2.05, 4.69) is 5.32 Å². The smallest absolute Gasteiger partial charge is 0.256 e. The maximum atomic E-state index is 13.6. The van der Waals surface area contributed by atoms with Gasteiger partial charge in [0.25, 0.3) is 5.91 Å². The van der Waals surface area contributed by atoms with Gasteiger partial charge in [-0.05, 0) is 86.1 Å². The molecule has 0 radical (unpaired) electrons. The van der Waals surface area contributed by atoms with Crippen molar-refractivity contribution in [2.45, 2.75) is 39.2 Å². The van der Waals surface area contributed by atoms with Gasteiger partial charge in [-0.1, -0.05) is 53.9 Å². The largest absolute Gasteiger partial charge is 0.494 e. The molecule has 6 nitrogen and oxygen atoms in total. The zero-order valence-electron chi connectivity index (χ0n) is 21.2. The van der Waals surface area contributed by atoms with Crippen LogP contribution in [0.4, 0.5) is 11.4 Å². The second-order valence-electron chi connectivity index (χ2n) is 9.11. The number of benzene rings is 3. The third-order valence-corrected chi connectivity index (χ3v) is 7.24. The number of thiocarbonyl (C=S) groups is 1. The number of ether oxygens (including phenoxy) is 1. The number of nitrogens with zero attached hydrogens (tertiary/aromatic N) is 2. The predicted molar refractivity (Wildman–Crippen MR) is 157 cm³/mol. The molecule has 4 rings (SSSR count). The fourth-order valence-corrected chi connectivity index (χ4v) is 5.14. The highest BCUT2D eigenvalue weighted by Gasteiger charge is 2.43. The molecule has 0 saturated carbocycles. The third kappa shape index (κ3) is 6.65. The first-order chi connectivity index (χ1) is 18.3. The lowest BCUT2D eigenvalue weighted by molar-refractivity contribution is -0.124. The molecule has 1 fully saturated rings. The second-order valence-corrected chi connectivity index (χ2v) is 10.3. The fourth-order valence-electron chi connectivity index (χ4n) is 4.23. The van der Waals surface area contributed by atoms with E-state index in [-0.39, 0.29) is 18.2 Å². The lowest BCUT2D eigenvalue weighted by atomic mass is 10.1. The molecular weight excluding hydrogens is 541 g/mol. The molecule has 0 spiro atoms. The minimum absolute atomic E-state index is 0.0518. The highest BCUT2D eigenvalue weighted by Crippen LogP contribution is 2.29. The van der Waals surface area contributed by atoms with Gasteiger partial charge in [0.15, 0.2) is 5.11 Å². The minimum Gasteiger partial charge on any atom is -0.494 e. The first-order valence-corrected chi connectivity index (χ1v) is 13.6. The van der Waals surface area contributed by atoms with Gasteiger partial charge in [-0.15, -0.1) is 0 Å². The summed E-state index contributed by atoms with van der Waals surface area (Å²) in [5, 5.41) is 4.35. The van der Waals surface area contributed by atoms with Crippen molar-refractivity contribution < 1.29 is 14.3 Å². The van der Waals surface area contributed by atoms with Crippen LogP contribution < -0.4 is 15.0 Å². The van der Waals surface area contributed by atoms with E-state index in [0.29, 0.717) is 46.1 Å². The predicted octanol–water partition coefficient (Wildman–Crippen LogP) is 6.66. The second kappa shape index (κ2) is 12.6. The van der Waals surface area contributed by atoms with Crippen molar-refractivity contribution in [2.24, 2.45) is 0 Å². The van der Waals surface area contributed by atoms with Gasteiger partial charge < -0.3 is 15.0 Å². The molecule has 1 aliphatic heterocycles. The van der Waals surface area contributed by atoms with Gasteiger partial charge in [0.2, 0.25) is 5.91 Å². The number of carbonyl (C=O) groups excluding carboxylic acids is 2. The standard InChI is InChI=1S/C29H29Cl2N3O3S/c1-3-16-37-24-12-8-22(9-13-24)32-27(35)18-26-28(36)34(23-10-4-19(2)5-11-23)29(38)33(26)15-14-20-6-7-21(30)17-25(20)31/h4-13,17,26H,3,14-16,18H2,1-2H3,(H,32,35)/t26-/m0/s1. The number of carbonyl (C=O) groups is 2. The van der Waals surface area contributed by atoms with Gasteiger partial charge in [0.1, 0.15) is 11.8 Å². The zero-order valence-corrected chi connectivity index (χ0v) is 23.6. The molecule has 3 aromatic rings. The summed E-state index contributed by atoms with van der Waals surface area (Å²) >= 11 is 18.2. The lowest BCUT2D eigenvalue weighted by Crippen LogP contribution is -2.39. The zero-order chi connectivity index (χ0) is 27.2. The molecule has 1 atom stereocenters. The van der Waals surface area contributed by atoms with Gasteiger partial charge >= 0.3 is 0 Å². The summed E-state index contributed by atoms with van der Waals surface area (Å²) < 4.78 is 5.60. The van der Waals surface area contributed by atoms with Gasteiger partial charge in [-0.3, -0.25) is 14.5 Å². The molecule has 0 aromatic heterocycles. The van der Waals surface area contributed by atoms with E-state index in [4.69, 9.17) is 40.2 Å². The van der Waals surface area contributed by atoms with E-state index in [0.717, 1.165) is 23.3 Å². The third-order valence-electron chi connectivity index (χ3n) is 6.24. The van der Waals surface area contributed by atoms with Crippen LogP contribution in [0.3, 0.4) is 0 Å². The van der Waals surface area contributed by atoms with E-state index in [1.54, 1.807) is 24.3 Å². The Labute approximate surface area is 238 Å². The summed E-state index contributed by atoms with van der Waals surface area (Å²) in [4.78, 5) is 30.0. The topological polar surface area (TPSA) is 61.9 Å². The molecule has 0 unspecified atom stereocenters. The molecule has 1 N–H and O–H groups in total. The molecule has 1 saturated heterocycles. The van der Waals surface area contributed by atoms with Crippen LogP contribution in [0.1, 0.15) is 30.9 Å². The molecule has 2 amide bonds. The van der Waals surface area contributed by atoms with Crippen LogP contribution in [0.15, 0.2) is 66.7 Å². The number of halogens is 2. The van der Waals surface area contributed by atoms with Gasteiger partial charge in [0.05, 0.1) is 18.7 Å². The van der Waals surface area contributed by atoms with Crippen molar-refractivity contribution in [1.82, 2.24) is 4.90 Å². The molecule has 3 aromatic carbocycles. The summed E-state index contributed by atoms with van der Waals surface area (Å²) in [6.45, 7) is 5.06. The summed E-state index contributed by atoms with van der Waals surface area (Å²) in [7, 11) is 0. The molecule has 0 bridgehead atoms. The van der Waals surface area contributed by atoms with Gasteiger partial charge in [0, 0.05) is 22.3 Å². The molecule has 38 heavy (non-hydrogen) atoms. The van der Waals surface area contributed by atoms with Crippen molar-refractivity contribution in [2.75, 3.05) is 23.4 Å². The van der Waals surface area contributed by atoms with Crippen LogP contribution >= 0.6 is 35.4 Å². The van der Waals surface area contributed by atoms with E-state index in [9.17, 15) is 9.59 Å². The Morgan fingerprint density at radius 2 is 1.76 bits per heavy atom. The number of hydrogen-bond acceptors (Lipinski definition) is 4. The maximum absolute atomic E-state index is 13.6. The first-order valence-electron chi connectivity index (χ1n) is 12.4. The number of hydrogen-bond donors (Lipinski definition) is 1. The number of anilines is 2. The van der Waals surface area contributed by atoms with Gasteiger partial charge in [-0.25, -0.2) is 0 Å². The summed E-state index contributed by atoms with van der Waals surface area (Å²) in [5.74, 6) is 0.218. The minimum atomic E-state index is -0.748. The average molecular weight is 571 g/mol. The normalized spacial score (nSPS) is 15.2. The lowest BCUT2D eigenvalue weighted by Gasteiger charge is -2.24. The Balaban J connectivity index is 1.52. The molecule has 1 heterocycles. The van der Waals surface area contributed by atoms with Crippen molar-refractivity contribution in [3.8, 4) is 5.75 Å². The van der Waals surface area contributed by atoms with Crippen molar-refractivity contribution >= 4 is 63.7 Å². The van der Waals surface area contributed by atoms with Crippen LogP contribution in [-0.2, 0) is 16.0 Å². The van der Waals surface area contributed by atoms with Crippen LogP contribution in [-0.4, -0.2) is 41.0 Å². The monoisotopic (exact) mass is 569 g/mol. The Morgan fingerprint density at radius 3 is 2.42 bits per heavy atom. The molecule has 1 aliphatic rings. The number of rotatable bonds is 10. The summed E-state index contributed by atoms with van der Waals surface area (Å²) in [6, 6.07) is 19.3. The Morgan fingerprint density at radius 1 is 1.05 bits per heavy atom. The average Bonchev–Trinajstić information content (AvgIpc) is 3.12. The summed E-state index contributed by atoms with van der Waals surface area (Å²) in [6.07, 6.45) is 1.39. The Kier molecular flexibility index (Phi) is 9.26. The quantitative estimate of drug-likeness (QED) is 0.276. The molecule has 198 valence electrons. The fraction of sp³-hybridized carbons (Fsp3) is 0.276. The maximum Gasteiger partial charge on any atom is 0.256 e. The Hall–Kier alpha value is -3.13.